The van der Waals surface area contributed by atoms with Crippen LogP contribution in [0.1, 0.15) is 43.9 Å². The van der Waals surface area contributed by atoms with E-state index in [0.29, 0.717) is 12.0 Å². The second kappa shape index (κ2) is 4.78. The van der Waals surface area contributed by atoms with Gasteiger partial charge < -0.3 is 4.74 Å². The maximum absolute atomic E-state index is 6.05. The van der Waals surface area contributed by atoms with Crippen LogP contribution in [-0.2, 0) is 0 Å². The zero-order chi connectivity index (χ0) is 13.6. The summed E-state index contributed by atoms with van der Waals surface area (Å²) in [5.74, 6) is 1.44. The average molecular weight is 320 g/mol. The molecular weight excluding hydrogens is 302 g/mol. The summed E-state index contributed by atoms with van der Waals surface area (Å²) in [4.78, 5) is 4.68. The van der Waals surface area contributed by atoms with E-state index in [9.17, 15) is 0 Å². The van der Waals surface area contributed by atoms with Gasteiger partial charge in [0, 0.05) is 9.86 Å². The van der Waals surface area contributed by atoms with Crippen LogP contribution >= 0.6 is 15.9 Å². The Hall–Kier alpha value is -1.09. The molecule has 0 atom stereocenters. The maximum Gasteiger partial charge on any atom is 0.146 e. The van der Waals surface area contributed by atoms with Crippen molar-refractivity contribution in [2.45, 2.75) is 45.6 Å². The molecule has 1 fully saturated rings. The molecule has 0 spiro atoms. The molecule has 0 amide bonds. The van der Waals surface area contributed by atoms with Crippen molar-refractivity contribution in [1.82, 2.24) is 4.98 Å². The fourth-order valence-corrected chi connectivity index (χ4v) is 2.47. The molecule has 19 heavy (non-hydrogen) atoms. The first-order valence-electron chi connectivity index (χ1n) is 6.82. The normalized spacial score (nSPS) is 15.2. The monoisotopic (exact) mass is 319 g/mol. The smallest absolute Gasteiger partial charge is 0.146 e. The second-order valence-corrected chi connectivity index (χ2v) is 6.47. The van der Waals surface area contributed by atoms with Gasteiger partial charge in [-0.25, -0.2) is 4.98 Å². The Kier molecular flexibility index (Phi) is 3.25. The van der Waals surface area contributed by atoms with Gasteiger partial charge >= 0.3 is 0 Å². The molecule has 0 unspecified atom stereocenters. The Morgan fingerprint density at radius 3 is 2.63 bits per heavy atom. The third-order valence-corrected chi connectivity index (χ3v) is 4.32. The minimum Gasteiger partial charge on any atom is -0.488 e. The highest BCUT2D eigenvalue weighted by atomic mass is 79.9. The van der Waals surface area contributed by atoms with Crippen molar-refractivity contribution in [1.29, 1.82) is 0 Å². The Bertz CT molecular complexity index is 632. The van der Waals surface area contributed by atoms with Crippen LogP contribution in [0.25, 0.3) is 10.9 Å². The predicted molar refractivity (Wildman–Crippen MR) is 81.9 cm³/mol. The molecule has 0 bridgehead atoms. The Morgan fingerprint density at radius 1 is 1.26 bits per heavy atom. The van der Waals surface area contributed by atoms with Gasteiger partial charge in [0.15, 0.2) is 0 Å². The summed E-state index contributed by atoms with van der Waals surface area (Å²) in [5, 5.41) is 1.15. The number of rotatable bonds is 3. The van der Waals surface area contributed by atoms with Gasteiger partial charge in [0.25, 0.3) is 0 Å². The molecule has 0 saturated heterocycles. The van der Waals surface area contributed by atoms with Gasteiger partial charge in [0.1, 0.15) is 11.3 Å². The van der Waals surface area contributed by atoms with E-state index < -0.39 is 0 Å². The number of hydrogen-bond acceptors (Lipinski definition) is 2. The van der Waals surface area contributed by atoms with Crippen LogP contribution < -0.4 is 4.74 Å². The minimum atomic E-state index is 0.399. The summed E-state index contributed by atoms with van der Waals surface area (Å²) in [5.41, 5.74) is 3.29. The summed E-state index contributed by atoms with van der Waals surface area (Å²) >= 11 is 3.56. The molecule has 0 radical (unpaired) electrons. The van der Waals surface area contributed by atoms with E-state index in [0.717, 1.165) is 26.8 Å². The minimum absolute atomic E-state index is 0.399. The second-order valence-electron chi connectivity index (χ2n) is 5.62. The molecule has 2 nitrogen and oxygen atoms in total. The summed E-state index contributed by atoms with van der Waals surface area (Å²) in [6, 6.07) is 6.52. The number of halogens is 1. The highest BCUT2D eigenvalue weighted by molar-refractivity contribution is 9.10. The average Bonchev–Trinajstić information content (AvgIpc) is 3.15. The van der Waals surface area contributed by atoms with Crippen LogP contribution in [-0.4, -0.2) is 11.1 Å². The molecule has 0 aliphatic heterocycles. The van der Waals surface area contributed by atoms with Crippen molar-refractivity contribution < 1.29 is 4.74 Å². The van der Waals surface area contributed by atoms with Crippen molar-refractivity contribution in [3.63, 3.8) is 0 Å². The van der Waals surface area contributed by atoms with Crippen LogP contribution in [0.5, 0.6) is 5.75 Å². The van der Waals surface area contributed by atoms with Crippen LogP contribution in [0.15, 0.2) is 22.7 Å². The molecule has 1 aromatic heterocycles. The largest absolute Gasteiger partial charge is 0.488 e. The number of hydrogen-bond donors (Lipinski definition) is 0. The number of pyridine rings is 1. The van der Waals surface area contributed by atoms with Crippen molar-refractivity contribution in [3.8, 4) is 5.75 Å². The van der Waals surface area contributed by atoms with Crippen molar-refractivity contribution in [2.24, 2.45) is 0 Å². The molecule has 1 aromatic carbocycles. The summed E-state index contributed by atoms with van der Waals surface area (Å²) in [7, 11) is 0. The summed E-state index contributed by atoms with van der Waals surface area (Å²) in [6.45, 7) is 6.43. The molecule has 2 aromatic rings. The van der Waals surface area contributed by atoms with Gasteiger partial charge in [-0.05, 0) is 65.4 Å². The zero-order valence-corrected chi connectivity index (χ0v) is 13.1. The molecular formula is C16H18BrNO. The number of aryl methyl sites for hydroxylation is 1. The van der Waals surface area contributed by atoms with Crippen LogP contribution in [0.3, 0.4) is 0 Å². The van der Waals surface area contributed by atoms with Crippen LogP contribution in [0, 0.1) is 6.92 Å². The van der Waals surface area contributed by atoms with Gasteiger partial charge in [-0.15, -0.1) is 0 Å². The Balaban J connectivity index is 2.20. The highest BCUT2D eigenvalue weighted by Crippen LogP contribution is 2.35. The fraction of sp³-hybridized carbons (Fsp3) is 0.438. The molecule has 1 saturated carbocycles. The Labute approximate surface area is 122 Å². The lowest BCUT2D eigenvalue weighted by Gasteiger charge is -2.14. The van der Waals surface area contributed by atoms with E-state index in [1.54, 1.807) is 0 Å². The molecule has 1 aliphatic rings. The lowest BCUT2D eigenvalue weighted by molar-refractivity contribution is 0.306. The van der Waals surface area contributed by atoms with Gasteiger partial charge in [0.05, 0.1) is 11.8 Å². The predicted octanol–water partition coefficient (Wildman–Crippen LogP) is 4.97. The van der Waals surface area contributed by atoms with E-state index in [2.05, 4.69) is 53.0 Å². The first-order valence-corrected chi connectivity index (χ1v) is 7.61. The van der Waals surface area contributed by atoms with Gasteiger partial charge in [-0.2, -0.15) is 0 Å². The zero-order valence-electron chi connectivity index (χ0n) is 11.5. The molecule has 1 aliphatic carbocycles. The molecule has 100 valence electrons. The lowest BCUT2D eigenvalue weighted by Crippen LogP contribution is -2.00. The topological polar surface area (TPSA) is 22.1 Å². The number of nitrogens with zero attached hydrogens (tertiary/aromatic N) is 1. The van der Waals surface area contributed by atoms with E-state index in [4.69, 9.17) is 4.74 Å². The van der Waals surface area contributed by atoms with Crippen LogP contribution in [0.4, 0.5) is 0 Å². The summed E-state index contributed by atoms with van der Waals surface area (Å²) in [6.07, 6.45) is 2.74. The first kappa shape index (κ1) is 12.9. The fourth-order valence-electron chi connectivity index (χ4n) is 2.13. The van der Waals surface area contributed by atoms with Crippen molar-refractivity contribution >= 4 is 26.8 Å². The lowest BCUT2D eigenvalue weighted by atomic mass is 10.0. The molecule has 1 heterocycles. The summed E-state index contributed by atoms with van der Waals surface area (Å²) < 4.78 is 7.10. The van der Waals surface area contributed by atoms with E-state index in [-0.39, 0.29) is 0 Å². The Morgan fingerprint density at radius 2 is 2.00 bits per heavy atom. The van der Waals surface area contributed by atoms with E-state index >= 15 is 0 Å². The highest BCUT2D eigenvalue weighted by Gasteiger charge is 2.25. The molecule has 3 rings (SSSR count). The standard InChI is InChI=1S/C16H18BrNO/c1-9(2)11-6-12-7-14(17)10(3)18-16(12)15(8-11)19-13-4-5-13/h6-9,13H,4-5H2,1-3H3. The molecule has 0 N–H and O–H groups in total. The number of benzene rings is 1. The van der Waals surface area contributed by atoms with Crippen molar-refractivity contribution in [2.75, 3.05) is 0 Å². The number of fused-ring (bicyclic) bond motifs is 1. The third kappa shape index (κ3) is 2.62. The van der Waals surface area contributed by atoms with E-state index in [1.165, 1.54) is 18.4 Å². The first-order chi connectivity index (χ1) is 9.04. The molecule has 3 heteroatoms. The van der Waals surface area contributed by atoms with Gasteiger partial charge in [0.2, 0.25) is 0 Å². The SMILES string of the molecule is Cc1nc2c(OC3CC3)cc(C(C)C)cc2cc1Br. The van der Waals surface area contributed by atoms with E-state index in [1.807, 2.05) is 6.92 Å². The van der Waals surface area contributed by atoms with Crippen LogP contribution in [0.2, 0.25) is 0 Å². The quantitative estimate of drug-likeness (QED) is 0.796. The van der Waals surface area contributed by atoms with Crippen molar-refractivity contribution in [3.05, 3.63) is 33.9 Å². The van der Waals surface area contributed by atoms with Gasteiger partial charge in [-0.1, -0.05) is 13.8 Å². The number of ether oxygens (including phenoxy) is 1. The number of aromatic nitrogens is 1. The maximum atomic E-state index is 6.05. The van der Waals surface area contributed by atoms with Gasteiger partial charge in [-0.3, -0.25) is 0 Å². The third-order valence-electron chi connectivity index (χ3n) is 3.52.